The van der Waals surface area contributed by atoms with Crippen LogP contribution < -0.4 is 9.86 Å². The second-order valence-electron chi connectivity index (χ2n) is 5.30. The third-order valence-corrected chi connectivity index (χ3v) is 7.31. The number of nitrogens with one attached hydrogen (secondary N) is 1. The predicted molar refractivity (Wildman–Crippen MR) is 106 cm³/mol. The zero-order chi connectivity index (χ0) is 19.5. The van der Waals surface area contributed by atoms with Crippen LogP contribution in [0.4, 0.5) is 5.69 Å². The number of nitrogens with two attached hydrogens (primary N) is 1. The summed E-state index contributed by atoms with van der Waals surface area (Å²) in [6.45, 7) is 1.74. The maximum atomic E-state index is 12.1. The molecule has 0 radical (unpaired) electrons. The van der Waals surface area contributed by atoms with Gasteiger partial charge in [-0.1, -0.05) is 41.9 Å². The van der Waals surface area contributed by atoms with Gasteiger partial charge in [0.15, 0.2) is 0 Å². The van der Waals surface area contributed by atoms with Crippen molar-refractivity contribution in [2.45, 2.75) is 28.0 Å². The molecule has 0 fully saturated rings. The van der Waals surface area contributed by atoms with Crippen LogP contribution in [0.2, 0.25) is 10.0 Å². The Morgan fingerprint density at radius 3 is 2.31 bits per heavy atom. The Morgan fingerprint density at radius 2 is 1.73 bits per heavy atom. The van der Waals surface area contributed by atoms with Crippen LogP contribution in [0.5, 0.6) is 0 Å². The number of anilines is 1. The van der Waals surface area contributed by atoms with Crippen LogP contribution in [0.1, 0.15) is 13.3 Å². The van der Waals surface area contributed by atoms with E-state index in [0.717, 1.165) is 11.8 Å². The summed E-state index contributed by atoms with van der Waals surface area (Å²) in [5.74, 6) is -0.0598. The summed E-state index contributed by atoms with van der Waals surface area (Å²) in [5, 5.41) is 5.97. The predicted octanol–water partition coefficient (Wildman–Crippen LogP) is 3.94. The second-order valence-corrected chi connectivity index (χ2v) is 10.6. The molecule has 2 aromatic carbocycles. The van der Waals surface area contributed by atoms with Gasteiger partial charge in [0.25, 0.3) is 0 Å². The topological polar surface area (TPSA) is 106 Å². The Hall–Kier alpha value is -0.970. The summed E-state index contributed by atoms with van der Waals surface area (Å²) >= 11 is 13.1. The number of hydrogen-bond acceptors (Lipinski definition) is 5. The van der Waals surface area contributed by atoms with Crippen molar-refractivity contribution in [3.63, 3.8) is 0 Å². The van der Waals surface area contributed by atoms with Gasteiger partial charge in [-0.3, -0.25) is 4.72 Å². The van der Waals surface area contributed by atoms with Crippen molar-refractivity contribution in [3.05, 3.63) is 46.4 Å². The number of primary sulfonamides is 1. The fourth-order valence-electron chi connectivity index (χ4n) is 2.01. The molecule has 0 aliphatic carbocycles. The highest BCUT2D eigenvalue weighted by Crippen LogP contribution is 2.39. The van der Waals surface area contributed by atoms with E-state index in [1.54, 1.807) is 19.1 Å². The van der Waals surface area contributed by atoms with Crippen molar-refractivity contribution in [2.24, 2.45) is 5.14 Å². The van der Waals surface area contributed by atoms with E-state index < -0.39 is 20.0 Å². The van der Waals surface area contributed by atoms with Gasteiger partial charge in [0.1, 0.15) is 0 Å². The molecule has 0 heterocycles. The molecule has 11 heteroatoms. The van der Waals surface area contributed by atoms with E-state index in [-0.39, 0.29) is 16.3 Å². The second kappa shape index (κ2) is 8.37. The van der Waals surface area contributed by atoms with E-state index in [9.17, 15) is 16.8 Å². The molecule has 2 aromatic rings. The van der Waals surface area contributed by atoms with Crippen LogP contribution in [0.25, 0.3) is 0 Å². The maximum Gasteiger partial charge on any atom is 0.238 e. The van der Waals surface area contributed by atoms with Crippen LogP contribution in [0.3, 0.4) is 0 Å². The molecule has 0 saturated carbocycles. The van der Waals surface area contributed by atoms with E-state index >= 15 is 0 Å². The highest BCUT2D eigenvalue weighted by Gasteiger charge is 2.17. The molecule has 142 valence electrons. The molecule has 0 atom stereocenters. The van der Waals surface area contributed by atoms with Gasteiger partial charge in [0.2, 0.25) is 20.0 Å². The van der Waals surface area contributed by atoms with E-state index in [1.807, 2.05) is 0 Å². The van der Waals surface area contributed by atoms with Crippen LogP contribution in [0.15, 0.2) is 51.1 Å². The van der Waals surface area contributed by atoms with Crippen molar-refractivity contribution in [2.75, 3.05) is 10.5 Å². The van der Waals surface area contributed by atoms with E-state index in [0.29, 0.717) is 26.3 Å². The van der Waals surface area contributed by atoms with E-state index in [4.69, 9.17) is 28.3 Å². The quantitative estimate of drug-likeness (QED) is 0.658. The molecule has 0 unspecified atom stereocenters. The first-order valence-electron chi connectivity index (χ1n) is 7.32. The minimum absolute atomic E-state index is 0.0598. The molecule has 0 bridgehead atoms. The Balaban J connectivity index is 2.51. The highest BCUT2D eigenvalue weighted by atomic mass is 35.5. The summed E-state index contributed by atoms with van der Waals surface area (Å²) in [6.07, 6.45) is 0.441. The first-order valence-corrected chi connectivity index (χ1v) is 12.1. The summed E-state index contributed by atoms with van der Waals surface area (Å²) in [4.78, 5) is 0.794. The van der Waals surface area contributed by atoms with Gasteiger partial charge >= 0.3 is 0 Å². The minimum Gasteiger partial charge on any atom is -0.282 e. The van der Waals surface area contributed by atoms with Crippen molar-refractivity contribution in [1.29, 1.82) is 0 Å². The van der Waals surface area contributed by atoms with Crippen LogP contribution in [0, 0.1) is 0 Å². The normalized spacial score (nSPS) is 12.2. The lowest BCUT2D eigenvalue weighted by Crippen LogP contribution is -2.17. The average Bonchev–Trinajstić information content (AvgIpc) is 2.50. The van der Waals surface area contributed by atoms with Crippen LogP contribution >= 0.6 is 35.0 Å². The lowest BCUT2D eigenvalue weighted by atomic mass is 10.3. The number of benzene rings is 2. The Kier molecular flexibility index (Phi) is 6.86. The molecule has 0 spiro atoms. The average molecular weight is 455 g/mol. The van der Waals surface area contributed by atoms with Gasteiger partial charge in [-0.2, -0.15) is 0 Å². The van der Waals surface area contributed by atoms with Crippen molar-refractivity contribution in [1.82, 2.24) is 0 Å². The number of rotatable bonds is 7. The van der Waals surface area contributed by atoms with Crippen molar-refractivity contribution < 1.29 is 16.8 Å². The molecule has 6 nitrogen and oxygen atoms in total. The fraction of sp³-hybridized carbons (Fsp3) is 0.200. The van der Waals surface area contributed by atoms with Gasteiger partial charge in [0.05, 0.1) is 21.4 Å². The Morgan fingerprint density at radius 1 is 1.04 bits per heavy atom. The minimum atomic E-state index is -3.95. The molecule has 0 aromatic heterocycles. The maximum absolute atomic E-state index is 12.1. The first-order chi connectivity index (χ1) is 12.0. The Bertz CT molecular complexity index is 1030. The smallest absolute Gasteiger partial charge is 0.238 e. The summed E-state index contributed by atoms with van der Waals surface area (Å²) in [6, 6.07) is 8.72. The SMILES string of the molecule is CCCS(=O)(=O)Nc1ccc(S(N)(=O)=O)cc1Sc1ccc(Cl)cc1Cl. The molecule has 26 heavy (non-hydrogen) atoms. The molecule has 3 N–H and O–H groups in total. The van der Waals surface area contributed by atoms with Gasteiger partial charge in [-0.15, -0.1) is 0 Å². The third kappa shape index (κ3) is 5.77. The summed E-state index contributed by atoms with van der Waals surface area (Å²) < 4.78 is 49.9. The van der Waals surface area contributed by atoms with E-state index in [2.05, 4.69) is 4.72 Å². The summed E-state index contributed by atoms with van der Waals surface area (Å²) in [7, 11) is -7.51. The molecular weight excluding hydrogens is 439 g/mol. The number of hydrogen-bond donors (Lipinski definition) is 2. The largest absolute Gasteiger partial charge is 0.282 e. The van der Waals surface area contributed by atoms with Crippen LogP contribution in [-0.2, 0) is 20.0 Å². The number of sulfonamides is 2. The fourth-order valence-corrected chi connectivity index (χ4v) is 5.31. The standard InChI is InChI=1S/C15H16Cl2N2O4S3/c1-2-7-25(20,21)19-13-5-4-11(26(18,22)23)9-15(13)24-14-6-3-10(16)8-12(14)17/h3-6,8-9,19H,2,7H2,1H3,(H2,18,22,23). The van der Waals surface area contributed by atoms with E-state index in [1.165, 1.54) is 24.3 Å². The monoisotopic (exact) mass is 454 g/mol. The van der Waals surface area contributed by atoms with Crippen LogP contribution in [-0.4, -0.2) is 22.6 Å². The molecular formula is C15H16Cl2N2O4S3. The lowest BCUT2D eigenvalue weighted by Gasteiger charge is -2.14. The number of halogens is 2. The van der Waals surface area contributed by atoms with Gasteiger partial charge < -0.3 is 0 Å². The first kappa shape index (κ1) is 21.3. The third-order valence-electron chi connectivity index (χ3n) is 3.13. The Labute approximate surface area is 167 Å². The lowest BCUT2D eigenvalue weighted by molar-refractivity contribution is 0.597. The zero-order valence-corrected chi connectivity index (χ0v) is 17.5. The summed E-state index contributed by atoms with van der Waals surface area (Å²) in [5.41, 5.74) is 0.238. The molecule has 0 amide bonds. The molecule has 0 aliphatic heterocycles. The van der Waals surface area contributed by atoms with Gasteiger partial charge in [0, 0.05) is 14.8 Å². The van der Waals surface area contributed by atoms with Gasteiger partial charge in [-0.05, 0) is 42.8 Å². The highest BCUT2D eigenvalue weighted by molar-refractivity contribution is 7.99. The molecule has 0 saturated heterocycles. The molecule has 0 aliphatic rings. The van der Waals surface area contributed by atoms with Crippen molar-refractivity contribution in [3.8, 4) is 0 Å². The van der Waals surface area contributed by atoms with Gasteiger partial charge in [-0.25, -0.2) is 22.0 Å². The molecule has 2 rings (SSSR count). The van der Waals surface area contributed by atoms with Crippen molar-refractivity contribution >= 4 is 60.7 Å². The zero-order valence-electron chi connectivity index (χ0n) is 13.6.